The molecule has 0 aliphatic carbocycles. The van der Waals surface area contributed by atoms with Crippen molar-refractivity contribution in [3.05, 3.63) is 284 Å². The first-order valence-corrected chi connectivity index (χ1v) is 37.6. The molecule has 11 aromatic rings. The van der Waals surface area contributed by atoms with E-state index in [1.165, 1.54) is 44.5 Å². The molecular formula is C97H110N7+. The quantitative estimate of drug-likeness (QED) is 0.132. The van der Waals surface area contributed by atoms with Gasteiger partial charge in [-0.1, -0.05) is 365 Å². The van der Waals surface area contributed by atoms with Crippen LogP contribution in [0, 0.1) is 0 Å². The van der Waals surface area contributed by atoms with Crippen molar-refractivity contribution in [1.29, 1.82) is 0 Å². The lowest BCUT2D eigenvalue weighted by Crippen LogP contribution is -2.34. The van der Waals surface area contributed by atoms with Crippen LogP contribution in [-0.4, -0.2) is 29.9 Å². The second-order valence-electron chi connectivity index (χ2n) is 37.7. The summed E-state index contributed by atoms with van der Waals surface area (Å²) < 4.78 is 2.32. The van der Waals surface area contributed by atoms with Crippen LogP contribution < -0.4 is 4.57 Å². The number of benzene rings is 8. The molecule has 8 aromatic carbocycles. The number of aryl methyl sites for hydroxylation is 1. The molecular weight excluding hydrogens is 1260 g/mol. The molecule has 0 saturated carbocycles. The Balaban J connectivity index is 1.33. The first-order chi connectivity index (χ1) is 48.5. The number of H-pyrrole nitrogens is 3. The van der Waals surface area contributed by atoms with Gasteiger partial charge in [-0.25, -0.2) is 9.55 Å². The van der Waals surface area contributed by atoms with Gasteiger partial charge in [0, 0.05) is 27.8 Å². The largest absolute Gasteiger partial charge is 0.325 e. The summed E-state index contributed by atoms with van der Waals surface area (Å²) in [6, 6.07) is 73.9. The van der Waals surface area contributed by atoms with Crippen molar-refractivity contribution in [3.63, 3.8) is 0 Å². The van der Waals surface area contributed by atoms with Crippen molar-refractivity contribution >= 4 is 44.8 Å². The Morgan fingerprint density at radius 2 is 0.529 bits per heavy atom. The first-order valence-electron chi connectivity index (χ1n) is 37.6. The highest BCUT2D eigenvalue weighted by Gasteiger charge is 2.37. The zero-order valence-electron chi connectivity index (χ0n) is 66.8. The van der Waals surface area contributed by atoms with Crippen LogP contribution in [0.3, 0.4) is 0 Å². The Morgan fingerprint density at radius 3 is 0.865 bits per heavy atom. The number of rotatable bonds is 8. The van der Waals surface area contributed by atoms with Gasteiger partial charge in [0.2, 0.25) is 11.5 Å². The van der Waals surface area contributed by atoms with E-state index >= 15 is 0 Å². The predicted molar refractivity (Wildman–Crippen MR) is 441 cm³/mol. The minimum absolute atomic E-state index is 0.0915. The summed E-state index contributed by atoms with van der Waals surface area (Å²) in [4.78, 5) is 31.1. The lowest BCUT2D eigenvalue weighted by molar-refractivity contribution is -0.651. The van der Waals surface area contributed by atoms with Crippen LogP contribution in [0.5, 0.6) is 0 Å². The van der Waals surface area contributed by atoms with E-state index in [2.05, 4.69) is 387 Å². The van der Waals surface area contributed by atoms with E-state index in [9.17, 15) is 0 Å². The highest BCUT2D eigenvalue weighted by Crippen LogP contribution is 2.50. The number of fused-ring (bicyclic) bond motifs is 9. The lowest BCUT2D eigenvalue weighted by atomic mass is 9.83. The predicted octanol–water partition coefficient (Wildman–Crippen LogP) is 24.9. The van der Waals surface area contributed by atoms with E-state index in [1.54, 1.807) is 0 Å². The number of aromatic amines is 3. The number of nitrogens with one attached hydrogen (secondary N) is 3. The first kappa shape index (κ1) is 72.6. The smallest absolute Gasteiger partial charge is 0.273 e. The van der Waals surface area contributed by atoms with Gasteiger partial charge in [-0.15, -0.1) is 0 Å². The van der Waals surface area contributed by atoms with Crippen molar-refractivity contribution in [2.45, 2.75) is 209 Å². The molecule has 0 radical (unpaired) electrons. The third-order valence-electron chi connectivity index (χ3n) is 21.5. The molecule has 3 aromatic heterocycles. The Bertz CT molecular complexity index is 5310. The van der Waals surface area contributed by atoms with Crippen molar-refractivity contribution in [2.75, 3.05) is 0 Å². The van der Waals surface area contributed by atoms with Gasteiger partial charge in [-0.2, -0.15) is 4.98 Å². The standard InChI is InChI=1S/C97H109N7/c1-90(2,3)66-42-26-58(27-43-66)74-76(60-30-46-68(47-31-60)92(7,8)9)84-98-82(74)83-75(59-28-44-67(45-29-59)91(4,5)6)80(64-38-54-72(55-39-64)96(19,20)21)88(99-83)104(25)89-81(65-40-56-73(57-41-65)97(22,23)24)79(63-36-52-71(53-37-63)95(16,17)18)87(103-89)102-86-78(62-34-50-70(51-35-62)94(13,14)15)77(85(100-84)101-86)61-32-48-69(49-33-61)93(10,11)12/h26-57H,1-25H3,(H2,98,99,100,101,102,103)/p+1. The molecule has 532 valence electrons. The van der Waals surface area contributed by atoms with Crippen molar-refractivity contribution in [3.8, 4) is 44.5 Å². The summed E-state index contributed by atoms with van der Waals surface area (Å²) in [6.45, 7) is 54.9. The number of hydrogen-bond acceptors (Lipinski definition) is 3. The molecule has 0 amide bonds. The minimum atomic E-state index is -0.0989. The van der Waals surface area contributed by atoms with Crippen LogP contribution in [0.2, 0.25) is 0 Å². The van der Waals surface area contributed by atoms with Crippen molar-refractivity contribution < 1.29 is 4.57 Å². The van der Waals surface area contributed by atoms with Crippen LogP contribution in [-0.2, 0) is 50.4 Å². The molecule has 0 fully saturated rings. The van der Waals surface area contributed by atoms with Gasteiger partial charge in [0.15, 0.2) is 0 Å². The summed E-state index contributed by atoms with van der Waals surface area (Å²) in [5, 5.41) is 0. The Labute approximate surface area is 620 Å². The SMILES string of the molecule is C[n+]1c2nc(nc3[nH]c([nH]c4nc(c5[nH]c1c(-c1ccc(C(C)(C)C)cc1)c5-c1ccc(C(C)(C)C)cc1)C(c1ccc(C(C)(C)C)cc1)=C4c1ccc(C(C)(C)C)cc1)c(-c1ccc(C(C)(C)C)cc1)c3-c1ccc(C(C)(C)C)cc1)C(c1ccc(C(C)(C)C)cc1)=C2c1ccc(C(C)(C)C)cc1. The molecule has 2 aliphatic rings. The highest BCUT2D eigenvalue weighted by atomic mass is 15.1. The zero-order chi connectivity index (χ0) is 74.9. The molecule has 5 heterocycles. The number of nitrogens with zero attached hydrogens (tertiary/aromatic N) is 4. The molecule has 3 N–H and O–H groups in total. The fourth-order valence-corrected chi connectivity index (χ4v) is 14.7. The van der Waals surface area contributed by atoms with Crippen LogP contribution in [0.15, 0.2) is 194 Å². The summed E-state index contributed by atoms with van der Waals surface area (Å²) in [5.41, 5.74) is 29.3. The Kier molecular flexibility index (Phi) is 18.1. The van der Waals surface area contributed by atoms with Crippen molar-refractivity contribution in [1.82, 2.24) is 29.9 Å². The summed E-state index contributed by atoms with van der Waals surface area (Å²) in [6.07, 6.45) is 0. The van der Waals surface area contributed by atoms with E-state index in [0.29, 0.717) is 17.3 Å². The summed E-state index contributed by atoms with van der Waals surface area (Å²) in [7, 11) is 2.20. The topological polar surface area (TPSA) is 89.9 Å². The average Bonchev–Trinajstić information content (AvgIpc) is 1.56. The van der Waals surface area contributed by atoms with Crippen molar-refractivity contribution in [2.24, 2.45) is 7.05 Å². The Hall–Kier alpha value is -9.72. The van der Waals surface area contributed by atoms with E-state index in [4.69, 9.17) is 15.0 Å². The third kappa shape index (κ3) is 14.0. The van der Waals surface area contributed by atoms with Gasteiger partial charge in [0.25, 0.3) is 5.82 Å². The molecule has 8 bridgehead atoms. The molecule has 0 unspecified atom stereocenters. The van der Waals surface area contributed by atoms with Gasteiger partial charge in [-0.05, 0) is 132 Å². The maximum Gasteiger partial charge on any atom is 0.273 e. The van der Waals surface area contributed by atoms with Crippen LogP contribution in [0.25, 0.3) is 89.3 Å². The van der Waals surface area contributed by atoms with E-state index in [-0.39, 0.29) is 43.3 Å². The van der Waals surface area contributed by atoms with Gasteiger partial charge in [0.1, 0.15) is 28.3 Å². The zero-order valence-corrected chi connectivity index (χ0v) is 66.8. The van der Waals surface area contributed by atoms with E-state index in [1.807, 2.05) is 0 Å². The normalized spacial score (nSPS) is 13.7. The molecule has 0 atom stereocenters. The average molecular weight is 1370 g/mol. The summed E-state index contributed by atoms with van der Waals surface area (Å²) >= 11 is 0. The van der Waals surface area contributed by atoms with Gasteiger partial charge >= 0.3 is 0 Å². The number of aromatic nitrogens is 7. The molecule has 7 nitrogen and oxygen atoms in total. The Morgan fingerprint density at radius 1 is 0.250 bits per heavy atom. The van der Waals surface area contributed by atoms with E-state index < -0.39 is 0 Å². The third-order valence-corrected chi connectivity index (χ3v) is 21.5. The van der Waals surface area contributed by atoms with Crippen LogP contribution in [0.4, 0.5) is 0 Å². The van der Waals surface area contributed by atoms with Gasteiger partial charge in [0.05, 0.1) is 23.8 Å². The molecule has 104 heavy (non-hydrogen) atoms. The molecule has 13 rings (SSSR count). The van der Waals surface area contributed by atoms with Gasteiger partial charge in [-0.3, -0.25) is 4.98 Å². The highest BCUT2D eigenvalue weighted by molar-refractivity contribution is 6.13. The van der Waals surface area contributed by atoms with Crippen LogP contribution in [0.1, 0.15) is 256 Å². The fraction of sp³-hybridized carbons (Fsp3) is 0.340. The fourth-order valence-electron chi connectivity index (χ4n) is 14.7. The summed E-state index contributed by atoms with van der Waals surface area (Å²) in [5.74, 6) is 2.04. The minimum Gasteiger partial charge on any atom is -0.325 e. The van der Waals surface area contributed by atoms with Crippen LogP contribution >= 0.6 is 0 Å². The molecule has 7 heteroatoms. The molecule has 0 spiro atoms. The molecule has 2 aliphatic heterocycles. The second kappa shape index (κ2) is 25.9. The van der Waals surface area contributed by atoms with Gasteiger partial charge < -0.3 is 9.97 Å². The maximum atomic E-state index is 6.22. The monoisotopic (exact) mass is 1370 g/mol. The lowest BCUT2D eigenvalue weighted by Gasteiger charge is -2.20. The molecule has 0 saturated heterocycles. The van der Waals surface area contributed by atoms with E-state index in [0.717, 1.165) is 117 Å². The second-order valence-corrected chi connectivity index (χ2v) is 37.7. The maximum absolute atomic E-state index is 6.22. The number of hydrogen-bond donors (Lipinski definition) is 3.